The molecule has 0 spiro atoms. The third kappa shape index (κ3) is 4.13. The topological polar surface area (TPSA) is 29.3 Å². The molecule has 1 unspecified atom stereocenters. The van der Waals surface area contributed by atoms with E-state index in [2.05, 4.69) is 41.6 Å². The average molecular weight is 290 g/mol. The van der Waals surface area contributed by atoms with E-state index in [9.17, 15) is 0 Å². The monoisotopic (exact) mass is 290 g/mol. The van der Waals surface area contributed by atoms with Crippen LogP contribution in [0.2, 0.25) is 0 Å². The van der Waals surface area contributed by atoms with E-state index >= 15 is 0 Å². The van der Waals surface area contributed by atoms with Gasteiger partial charge in [-0.3, -0.25) is 0 Å². The Morgan fingerprint density at radius 1 is 1.26 bits per heavy atom. The zero-order valence-corrected chi connectivity index (χ0v) is 12.6. The molecular formula is C15H18N2S2. The maximum absolute atomic E-state index is 5.90. The van der Waals surface area contributed by atoms with Gasteiger partial charge in [-0.05, 0) is 24.1 Å². The molecule has 0 fully saturated rings. The summed E-state index contributed by atoms with van der Waals surface area (Å²) in [7, 11) is 2.11. The van der Waals surface area contributed by atoms with Crippen LogP contribution in [0.25, 0.3) is 0 Å². The molecule has 4 heteroatoms. The fourth-order valence-electron chi connectivity index (χ4n) is 2.09. The van der Waals surface area contributed by atoms with Crippen LogP contribution in [0.5, 0.6) is 0 Å². The molecule has 100 valence electrons. The lowest BCUT2D eigenvalue weighted by Gasteiger charge is -2.23. The maximum Gasteiger partial charge on any atom is 0.0816 e. The Labute approximate surface area is 123 Å². The molecule has 0 radical (unpaired) electrons. The number of likely N-dealkylation sites (N-methyl/N-ethyl adjacent to an activating group) is 1. The Kier molecular flexibility index (Phi) is 5.07. The molecule has 0 saturated heterocycles. The molecule has 1 atom stereocenters. The molecule has 1 aromatic heterocycles. The van der Waals surface area contributed by atoms with Crippen LogP contribution in [-0.2, 0) is 6.54 Å². The lowest BCUT2D eigenvalue weighted by Crippen LogP contribution is -2.31. The molecule has 1 aromatic carbocycles. The van der Waals surface area contributed by atoms with Crippen LogP contribution in [0.4, 0.5) is 0 Å². The summed E-state index contributed by atoms with van der Waals surface area (Å²) in [6.07, 6.45) is 0. The lowest BCUT2D eigenvalue weighted by molar-refractivity contribution is 0.326. The summed E-state index contributed by atoms with van der Waals surface area (Å²) in [5.74, 6) is 0.112. The SMILES string of the molecule is CN(Cc1cccs1)CC(C(N)=S)c1ccccc1. The van der Waals surface area contributed by atoms with Gasteiger partial charge in [0.1, 0.15) is 0 Å². The molecule has 0 aliphatic carbocycles. The molecule has 0 aliphatic heterocycles. The predicted molar refractivity (Wildman–Crippen MR) is 86.6 cm³/mol. The van der Waals surface area contributed by atoms with Crippen molar-refractivity contribution in [3.8, 4) is 0 Å². The Bertz CT molecular complexity index is 508. The quantitative estimate of drug-likeness (QED) is 0.828. The number of rotatable bonds is 6. The number of hydrogen-bond acceptors (Lipinski definition) is 3. The number of nitrogens with zero attached hydrogens (tertiary/aromatic N) is 1. The minimum absolute atomic E-state index is 0.112. The largest absolute Gasteiger partial charge is 0.393 e. The minimum Gasteiger partial charge on any atom is -0.393 e. The van der Waals surface area contributed by atoms with Crippen molar-refractivity contribution in [1.29, 1.82) is 0 Å². The lowest BCUT2D eigenvalue weighted by atomic mass is 9.98. The highest BCUT2D eigenvalue weighted by atomic mass is 32.1. The fraction of sp³-hybridized carbons (Fsp3) is 0.267. The zero-order chi connectivity index (χ0) is 13.7. The van der Waals surface area contributed by atoms with Crippen molar-refractivity contribution in [1.82, 2.24) is 4.90 Å². The maximum atomic E-state index is 5.90. The fourth-order valence-corrected chi connectivity index (χ4v) is 3.08. The summed E-state index contributed by atoms with van der Waals surface area (Å²) in [4.78, 5) is 4.18. The molecule has 2 nitrogen and oxygen atoms in total. The van der Waals surface area contributed by atoms with Crippen molar-refractivity contribution in [3.05, 3.63) is 58.3 Å². The van der Waals surface area contributed by atoms with E-state index in [0.29, 0.717) is 4.99 Å². The van der Waals surface area contributed by atoms with Gasteiger partial charge in [-0.25, -0.2) is 0 Å². The molecule has 2 rings (SSSR count). The summed E-state index contributed by atoms with van der Waals surface area (Å²) in [5, 5.41) is 2.10. The van der Waals surface area contributed by atoms with Gasteiger partial charge in [0.2, 0.25) is 0 Å². The van der Waals surface area contributed by atoms with Crippen LogP contribution in [0, 0.1) is 0 Å². The van der Waals surface area contributed by atoms with E-state index in [-0.39, 0.29) is 5.92 Å². The first kappa shape index (κ1) is 14.2. The van der Waals surface area contributed by atoms with Gasteiger partial charge in [0.15, 0.2) is 0 Å². The number of hydrogen-bond donors (Lipinski definition) is 1. The first-order chi connectivity index (χ1) is 9.16. The predicted octanol–water partition coefficient (Wildman–Crippen LogP) is 3.25. The summed E-state index contributed by atoms with van der Waals surface area (Å²) in [5.41, 5.74) is 7.09. The van der Waals surface area contributed by atoms with E-state index in [4.69, 9.17) is 18.0 Å². The summed E-state index contributed by atoms with van der Waals surface area (Å²) < 4.78 is 0. The van der Waals surface area contributed by atoms with E-state index in [1.54, 1.807) is 11.3 Å². The number of benzene rings is 1. The van der Waals surface area contributed by atoms with Crippen LogP contribution in [-0.4, -0.2) is 23.5 Å². The Balaban J connectivity index is 2.03. The van der Waals surface area contributed by atoms with Crippen molar-refractivity contribution < 1.29 is 0 Å². The molecule has 1 heterocycles. The number of thiophene rings is 1. The average Bonchev–Trinajstić information content (AvgIpc) is 2.89. The van der Waals surface area contributed by atoms with Gasteiger partial charge in [-0.15, -0.1) is 11.3 Å². The second kappa shape index (κ2) is 6.80. The van der Waals surface area contributed by atoms with Crippen molar-refractivity contribution >= 4 is 28.5 Å². The van der Waals surface area contributed by atoms with Gasteiger partial charge in [0.25, 0.3) is 0 Å². The molecule has 0 saturated carbocycles. The first-order valence-electron chi connectivity index (χ1n) is 6.22. The second-order valence-corrected chi connectivity index (χ2v) is 6.15. The first-order valence-corrected chi connectivity index (χ1v) is 7.51. The van der Waals surface area contributed by atoms with Crippen molar-refractivity contribution in [2.75, 3.05) is 13.6 Å². The smallest absolute Gasteiger partial charge is 0.0816 e. The highest BCUT2D eigenvalue weighted by Crippen LogP contribution is 2.19. The Morgan fingerprint density at radius 2 is 2.00 bits per heavy atom. The molecular weight excluding hydrogens is 272 g/mol. The van der Waals surface area contributed by atoms with Crippen LogP contribution < -0.4 is 5.73 Å². The van der Waals surface area contributed by atoms with Crippen molar-refractivity contribution in [3.63, 3.8) is 0 Å². The van der Waals surface area contributed by atoms with Crippen molar-refractivity contribution in [2.24, 2.45) is 5.73 Å². The van der Waals surface area contributed by atoms with E-state index < -0.39 is 0 Å². The van der Waals surface area contributed by atoms with E-state index in [1.165, 1.54) is 10.4 Å². The van der Waals surface area contributed by atoms with Crippen LogP contribution in [0.15, 0.2) is 47.8 Å². The molecule has 19 heavy (non-hydrogen) atoms. The summed E-state index contributed by atoms with van der Waals surface area (Å²) >= 11 is 7.00. The summed E-state index contributed by atoms with van der Waals surface area (Å²) in [6, 6.07) is 14.5. The molecule has 0 amide bonds. The zero-order valence-electron chi connectivity index (χ0n) is 11.0. The number of nitrogens with two attached hydrogens (primary N) is 1. The van der Waals surface area contributed by atoms with Crippen molar-refractivity contribution in [2.45, 2.75) is 12.5 Å². The van der Waals surface area contributed by atoms with Crippen LogP contribution >= 0.6 is 23.6 Å². The second-order valence-electron chi connectivity index (χ2n) is 4.64. The molecule has 2 N–H and O–H groups in total. The standard InChI is InChI=1S/C15H18N2S2/c1-17(10-13-8-5-9-19-13)11-14(15(16)18)12-6-3-2-4-7-12/h2-9,14H,10-11H2,1H3,(H2,16,18). The van der Waals surface area contributed by atoms with Gasteiger partial charge < -0.3 is 10.6 Å². The van der Waals surface area contributed by atoms with E-state index in [0.717, 1.165) is 13.1 Å². The highest BCUT2D eigenvalue weighted by molar-refractivity contribution is 7.80. The highest BCUT2D eigenvalue weighted by Gasteiger charge is 2.16. The Morgan fingerprint density at radius 3 is 2.58 bits per heavy atom. The molecule has 2 aromatic rings. The van der Waals surface area contributed by atoms with Crippen LogP contribution in [0.3, 0.4) is 0 Å². The van der Waals surface area contributed by atoms with Gasteiger partial charge in [0, 0.05) is 23.9 Å². The Hall–Kier alpha value is -1.23. The number of thiocarbonyl (C=S) groups is 1. The molecule has 0 aliphatic rings. The van der Waals surface area contributed by atoms with E-state index in [1.807, 2.05) is 18.2 Å². The third-order valence-corrected chi connectivity index (χ3v) is 4.19. The van der Waals surface area contributed by atoms with Crippen LogP contribution in [0.1, 0.15) is 16.4 Å². The van der Waals surface area contributed by atoms with Gasteiger partial charge in [-0.1, -0.05) is 48.6 Å². The minimum atomic E-state index is 0.112. The molecule has 0 bridgehead atoms. The normalized spacial score (nSPS) is 12.5. The third-order valence-electron chi connectivity index (χ3n) is 3.05. The van der Waals surface area contributed by atoms with Gasteiger partial charge >= 0.3 is 0 Å². The summed E-state index contributed by atoms with van der Waals surface area (Å²) in [6.45, 7) is 1.78. The van der Waals surface area contributed by atoms with Gasteiger partial charge in [0.05, 0.1) is 4.99 Å². The van der Waals surface area contributed by atoms with Gasteiger partial charge in [-0.2, -0.15) is 0 Å².